The molecule has 0 bridgehead atoms. The molecule has 0 unspecified atom stereocenters. The zero-order valence-electron chi connectivity index (χ0n) is 19.4. The van der Waals surface area contributed by atoms with Crippen LogP contribution in [0.4, 0.5) is 0 Å². The Bertz CT molecular complexity index is 1290. The number of rotatable bonds is 8. The minimum absolute atomic E-state index is 0.198. The van der Waals surface area contributed by atoms with Gasteiger partial charge in [-0.1, -0.05) is 31.6 Å². The van der Waals surface area contributed by atoms with Gasteiger partial charge >= 0.3 is 0 Å². The van der Waals surface area contributed by atoms with E-state index in [-0.39, 0.29) is 10.8 Å². The van der Waals surface area contributed by atoms with Crippen LogP contribution in [0.3, 0.4) is 0 Å². The SMILES string of the molecule is CCCCN(CC)S(=O)(=O)c1ccc(C(=O)N=c2sc3cc(C)c(C)cc3n2CC)cc1. The predicted octanol–water partition coefficient (Wildman–Crippen LogP) is 4.89. The minimum atomic E-state index is -3.57. The number of aromatic nitrogens is 1. The third-order valence-corrected chi connectivity index (χ3v) is 8.69. The summed E-state index contributed by atoms with van der Waals surface area (Å²) in [5.74, 6) is -0.380. The topological polar surface area (TPSA) is 71.7 Å². The molecule has 0 saturated carbocycles. The summed E-state index contributed by atoms with van der Waals surface area (Å²) in [4.78, 5) is 18.1. The van der Waals surface area contributed by atoms with E-state index < -0.39 is 10.0 Å². The summed E-state index contributed by atoms with van der Waals surface area (Å²) in [5.41, 5.74) is 3.84. The van der Waals surface area contributed by atoms with Crippen molar-refractivity contribution in [2.45, 2.75) is 58.9 Å². The molecular formula is C24H31N3O3S2. The van der Waals surface area contributed by atoms with Crippen LogP contribution in [-0.2, 0) is 16.6 Å². The maximum Gasteiger partial charge on any atom is 0.279 e. The van der Waals surface area contributed by atoms with Crippen LogP contribution in [0.1, 0.15) is 55.1 Å². The molecule has 0 aliphatic rings. The Morgan fingerprint density at radius 3 is 2.31 bits per heavy atom. The fraction of sp³-hybridized carbons (Fsp3) is 0.417. The Morgan fingerprint density at radius 1 is 1.06 bits per heavy atom. The second-order valence-electron chi connectivity index (χ2n) is 7.82. The molecule has 1 amide bonds. The lowest BCUT2D eigenvalue weighted by Gasteiger charge is -2.20. The van der Waals surface area contributed by atoms with E-state index in [9.17, 15) is 13.2 Å². The van der Waals surface area contributed by atoms with Crippen molar-refractivity contribution >= 4 is 37.5 Å². The first-order valence-corrected chi connectivity index (χ1v) is 13.3. The van der Waals surface area contributed by atoms with Crippen molar-refractivity contribution in [3.8, 4) is 0 Å². The molecule has 0 N–H and O–H groups in total. The number of benzene rings is 2. The lowest BCUT2D eigenvalue weighted by Crippen LogP contribution is -2.31. The summed E-state index contributed by atoms with van der Waals surface area (Å²) in [7, 11) is -3.57. The van der Waals surface area contributed by atoms with Gasteiger partial charge in [-0.05, 0) is 74.7 Å². The van der Waals surface area contributed by atoms with E-state index in [0.717, 1.165) is 23.1 Å². The first-order chi connectivity index (χ1) is 15.2. The van der Waals surface area contributed by atoms with Crippen LogP contribution in [0.2, 0.25) is 0 Å². The number of hydrogen-bond donors (Lipinski definition) is 0. The third kappa shape index (κ3) is 4.87. The molecule has 2 aromatic carbocycles. The molecule has 3 rings (SSSR count). The van der Waals surface area contributed by atoms with Gasteiger partial charge in [-0.3, -0.25) is 4.79 Å². The van der Waals surface area contributed by atoms with Crippen LogP contribution >= 0.6 is 11.3 Å². The van der Waals surface area contributed by atoms with E-state index in [1.54, 1.807) is 12.1 Å². The van der Waals surface area contributed by atoms with Crippen molar-refractivity contribution in [3.05, 3.63) is 57.9 Å². The summed E-state index contributed by atoms with van der Waals surface area (Å²) in [6.45, 7) is 11.7. The number of carbonyl (C=O) groups is 1. The summed E-state index contributed by atoms with van der Waals surface area (Å²) >= 11 is 1.49. The first kappa shape index (κ1) is 24.4. The van der Waals surface area contributed by atoms with Gasteiger partial charge in [0.1, 0.15) is 0 Å². The summed E-state index contributed by atoms with van der Waals surface area (Å²) in [6.07, 6.45) is 1.74. The van der Waals surface area contributed by atoms with Gasteiger partial charge in [0.05, 0.1) is 15.1 Å². The van der Waals surface area contributed by atoms with Gasteiger partial charge in [0, 0.05) is 25.2 Å². The highest BCUT2D eigenvalue weighted by Crippen LogP contribution is 2.22. The molecule has 1 aromatic heterocycles. The molecule has 6 nitrogen and oxygen atoms in total. The van der Waals surface area contributed by atoms with Crippen LogP contribution in [-0.4, -0.2) is 36.3 Å². The maximum absolute atomic E-state index is 12.9. The Morgan fingerprint density at radius 2 is 1.72 bits per heavy atom. The lowest BCUT2D eigenvalue weighted by atomic mass is 10.1. The fourth-order valence-corrected chi connectivity index (χ4v) is 6.22. The van der Waals surface area contributed by atoms with Gasteiger partial charge in [-0.15, -0.1) is 0 Å². The van der Waals surface area contributed by atoms with Crippen molar-refractivity contribution in [1.29, 1.82) is 0 Å². The molecular weight excluding hydrogens is 442 g/mol. The number of carbonyl (C=O) groups excluding carboxylic acids is 1. The standard InChI is InChI=1S/C24H31N3O3S2/c1-6-9-14-26(7-2)32(29,30)20-12-10-19(11-13-20)23(28)25-24-27(8-3)21-15-17(4)18(5)16-22(21)31-24/h10-13,15-16H,6-9,14H2,1-5H3. The predicted molar refractivity (Wildman–Crippen MR) is 131 cm³/mol. The lowest BCUT2D eigenvalue weighted by molar-refractivity contribution is 0.0997. The zero-order valence-corrected chi connectivity index (χ0v) is 21.0. The van der Waals surface area contributed by atoms with Gasteiger partial charge in [0.15, 0.2) is 4.80 Å². The summed E-state index contributed by atoms with van der Waals surface area (Å²) in [5, 5.41) is 0. The third-order valence-electron chi connectivity index (χ3n) is 5.66. The number of fused-ring (bicyclic) bond motifs is 1. The van der Waals surface area contributed by atoms with Crippen LogP contribution in [0.25, 0.3) is 10.2 Å². The van der Waals surface area contributed by atoms with Crippen LogP contribution < -0.4 is 4.80 Å². The van der Waals surface area contributed by atoms with Crippen molar-refractivity contribution in [2.75, 3.05) is 13.1 Å². The highest BCUT2D eigenvalue weighted by molar-refractivity contribution is 7.89. The second-order valence-corrected chi connectivity index (χ2v) is 10.8. The Balaban J connectivity index is 1.93. The van der Waals surface area contributed by atoms with Crippen LogP contribution in [0.15, 0.2) is 46.3 Å². The van der Waals surface area contributed by atoms with Crippen LogP contribution in [0.5, 0.6) is 0 Å². The molecule has 172 valence electrons. The first-order valence-electron chi connectivity index (χ1n) is 11.0. The molecule has 0 saturated heterocycles. The number of nitrogens with zero attached hydrogens (tertiary/aromatic N) is 3. The van der Waals surface area contributed by atoms with Gasteiger partial charge in [0.2, 0.25) is 10.0 Å². The normalized spacial score (nSPS) is 12.8. The fourth-order valence-electron chi connectivity index (χ4n) is 3.57. The van der Waals surface area contributed by atoms with Crippen molar-refractivity contribution in [1.82, 2.24) is 8.87 Å². The Hall–Kier alpha value is -2.29. The molecule has 1 heterocycles. The van der Waals surface area contributed by atoms with E-state index in [1.807, 2.05) is 25.3 Å². The molecule has 32 heavy (non-hydrogen) atoms. The van der Waals surface area contributed by atoms with E-state index in [0.29, 0.717) is 30.0 Å². The molecule has 8 heteroatoms. The molecule has 3 aromatic rings. The van der Waals surface area contributed by atoms with E-state index >= 15 is 0 Å². The highest BCUT2D eigenvalue weighted by atomic mass is 32.2. The largest absolute Gasteiger partial charge is 0.317 e. The minimum Gasteiger partial charge on any atom is -0.317 e. The molecule has 0 aliphatic heterocycles. The Kier molecular flexibility index (Phi) is 7.69. The number of unbranched alkanes of at least 4 members (excludes halogenated alkanes) is 1. The average molecular weight is 474 g/mol. The van der Waals surface area contributed by atoms with Crippen molar-refractivity contribution < 1.29 is 13.2 Å². The average Bonchev–Trinajstić information content (AvgIpc) is 3.10. The molecule has 0 fully saturated rings. The Labute approximate surface area is 194 Å². The van der Waals surface area contributed by atoms with E-state index in [2.05, 4.69) is 31.0 Å². The smallest absolute Gasteiger partial charge is 0.279 e. The van der Waals surface area contributed by atoms with Gasteiger partial charge in [-0.25, -0.2) is 8.42 Å². The molecule has 0 atom stereocenters. The monoisotopic (exact) mass is 473 g/mol. The molecule has 0 aliphatic carbocycles. The van der Waals surface area contributed by atoms with Crippen molar-refractivity contribution in [2.24, 2.45) is 4.99 Å². The zero-order chi connectivity index (χ0) is 23.5. The number of sulfonamides is 1. The highest BCUT2D eigenvalue weighted by Gasteiger charge is 2.22. The van der Waals surface area contributed by atoms with E-state index in [4.69, 9.17) is 0 Å². The van der Waals surface area contributed by atoms with Gasteiger partial charge in [-0.2, -0.15) is 9.30 Å². The summed E-state index contributed by atoms with van der Waals surface area (Å²) < 4.78 is 30.4. The summed E-state index contributed by atoms with van der Waals surface area (Å²) in [6, 6.07) is 10.3. The number of aryl methyl sites for hydroxylation is 3. The van der Waals surface area contributed by atoms with E-state index in [1.165, 1.54) is 38.9 Å². The van der Waals surface area contributed by atoms with Crippen molar-refractivity contribution in [3.63, 3.8) is 0 Å². The van der Waals surface area contributed by atoms with Gasteiger partial charge in [0.25, 0.3) is 5.91 Å². The maximum atomic E-state index is 12.9. The quantitative estimate of drug-likeness (QED) is 0.468. The number of hydrogen-bond acceptors (Lipinski definition) is 4. The van der Waals surface area contributed by atoms with Crippen LogP contribution in [0, 0.1) is 13.8 Å². The number of thiazole rings is 1. The van der Waals surface area contributed by atoms with Gasteiger partial charge < -0.3 is 4.57 Å². The second kappa shape index (κ2) is 10.1. The molecule has 0 spiro atoms. The number of amides is 1. The molecule has 0 radical (unpaired) electrons.